The number of aliphatic carboxylic acids is 1. The van der Waals surface area contributed by atoms with Crippen molar-refractivity contribution in [3.8, 4) is 0 Å². The van der Waals surface area contributed by atoms with E-state index < -0.39 is 12.0 Å². The molecule has 0 radical (unpaired) electrons. The van der Waals surface area contributed by atoms with Crippen LogP contribution in [0.3, 0.4) is 0 Å². The molecule has 2 rings (SSSR count). The van der Waals surface area contributed by atoms with Crippen LogP contribution >= 0.6 is 0 Å². The minimum Gasteiger partial charge on any atom is -0.480 e. The van der Waals surface area contributed by atoms with Crippen LogP contribution in [0.5, 0.6) is 0 Å². The van der Waals surface area contributed by atoms with Crippen molar-refractivity contribution in [1.82, 2.24) is 15.1 Å². The summed E-state index contributed by atoms with van der Waals surface area (Å²) in [6.45, 7) is 4.18. The monoisotopic (exact) mass is 247 g/mol. The lowest BCUT2D eigenvalue weighted by Gasteiger charge is -2.17. The van der Waals surface area contributed by atoms with Crippen LogP contribution in [0.25, 0.3) is 10.9 Å². The fourth-order valence-corrected chi connectivity index (χ4v) is 1.95. The Labute approximate surface area is 105 Å². The van der Waals surface area contributed by atoms with Gasteiger partial charge in [-0.15, -0.1) is 0 Å². The van der Waals surface area contributed by atoms with Gasteiger partial charge in [0.05, 0.1) is 18.3 Å². The first-order valence-electron chi connectivity index (χ1n) is 5.97. The van der Waals surface area contributed by atoms with Crippen LogP contribution in [0.1, 0.15) is 13.8 Å². The Bertz CT molecular complexity index is 548. The lowest BCUT2D eigenvalue weighted by atomic mass is 10.2. The highest BCUT2D eigenvalue weighted by molar-refractivity contribution is 5.79. The number of nitrogens with zero attached hydrogens (tertiary/aromatic N) is 2. The maximum atomic E-state index is 11.2. The highest BCUT2D eigenvalue weighted by atomic mass is 16.4. The van der Waals surface area contributed by atoms with Gasteiger partial charge >= 0.3 is 5.97 Å². The average Bonchev–Trinajstić information content (AvgIpc) is 2.71. The molecule has 5 nitrogen and oxygen atoms in total. The number of rotatable bonds is 5. The second-order valence-electron chi connectivity index (χ2n) is 4.60. The highest BCUT2D eigenvalue weighted by Crippen LogP contribution is 2.13. The summed E-state index contributed by atoms with van der Waals surface area (Å²) in [6.07, 6.45) is 1.75. The molecule has 0 spiro atoms. The van der Waals surface area contributed by atoms with E-state index in [1.54, 1.807) is 10.9 Å². The Morgan fingerprint density at radius 1 is 1.44 bits per heavy atom. The molecule has 1 unspecified atom stereocenters. The first-order valence-corrected chi connectivity index (χ1v) is 5.97. The maximum Gasteiger partial charge on any atom is 0.322 e. The molecule has 0 saturated heterocycles. The number of hydrogen-bond donors (Lipinski definition) is 2. The van der Waals surface area contributed by atoms with Gasteiger partial charge in [0.1, 0.15) is 6.04 Å². The van der Waals surface area contributed by atoms with E-state index >= 15 is 0 Å². The van der Waals surface area contributed by atoms with Gasteiger partial charge in [0.15, 0.2) is 0 Å². The standard InChI is InChI=1S/C13H17N3O2/c1-9(2)15-11(13(17)18)8-16-12-6-4-3-5-10(12)7-14-16/h3-7,9,11,15H,8H2,1-2H3,(H,17,18). The quantitative estimate of drug-likeness (QED) is 0.840. The molecule has 96 valence electrons. The predicted octanol–water partition coefficient (Wildman–Crippen LogP) is 1.49. The number of benzene rings is 1. The molecule has 2 aromatic rings. The zero-order valence-corrected chi connectivity index (χ0v) is 10.5. The fourth-order valence-electron chi connectivity index (χ4n) is 1.95. The molecular weight excluding hydrogens is 230 g/mol. The normalized spacial score (nSPS) is 13.1. The number of hydrogen-bond acceptors (Lipinski definition) is 3. The molecule has 2 N–H and O–H groups in total. The third-order valence-corrected chi connectivity index (χ3v) is 2.74. The van der Waals surface area contributed by atoms with E-state index in [9.17, 15) is 9.90 Å². The van der Waals surface area contributed by atoms with Gasteiger partial charge in [-0.25, -0.2) is 0 Å². The number of carboxylic acids is 1. The van der Waals surface area contributed by atoms with Gasteiger partial charge in [0.2, 0.25) is 0 Å². The molecular formula is C13H17N3O2. The van der Waals surface area contributed by atoms with Crippen molar-refractivity contribution in [2.75, 3.05) is 0 Å². The van der Waals surface area contributed by atoms with Crippen molar-refractivity contribution in [3.63, 3.8) is 0 Å². The van der Waals surface area contributed by atoms with Crippen LogP contribution in [-0.4, -0.2) is 32.9 Å². The van der Waals surface area contributed by atoms with Crippen molar-refractivity contribution >= 4 is 16.9 Å². The maximum absolute atomic E-state index is 11.2. The van der Waals surface area contributed by atoms with E-state index in [0.717, 1.165) is 10.9 Å². The Balaban J connectivity index is 2.23. The van der Waals surface area contributed by atoms with Crippen molar-refractivity contribution in [1.29, 1.82) is 0 Å². The molecule has 5 heteroatoms. The Morgan fingerprint density at radius 2 is 2.17 bits per heavy atom. The van der Waals surface area contributed by atoms with Crippen LogP contribution < -0.4 is 5.32 Å². The molecule has 0 aliphatic carbocycles. The molecule has 18 heavy (non-hydrogen) atoms. The molecule has 0 amide bonds. The molecule has 1 atom stereocenters. The van der Waals surface area contributed by atoms with Crippen LogP contribution in [0, 0.1) is 0 Å². The molecule has 0 aliphatic rings. The lowest BCUT2D eigenvalue weighted by molar-refractivity contribution is -0.140. The summed E-state index contributed by atoms with van der Waals surface area (Å²) in [4.78, 5) is 11.2. The van der Waals surface area contributed by atoms with Gasteiger partial charge in [-0.1, -0.05) is 32.0 Å². The largest absolute Gasteiger partial charge is 0.480 e. The van der Waals surface area contributed by atoms with Crippen molar-refractivity contribution in [3.05, 3.63) is 30.5 Å². The Hall–Kier alpha value is -1.88. The van der Waals surface area contributed by atoms with E-state index in [2.05, 4.69) is 10.4 Å². The van der Waals surface area contributed by atoms with Crippen molar-refractivity contribution < 1.29 is 9.90 Å². The van der Waals surface area contributed by atoms with Gasteiger partial charge in [0, 0.05) is 11.4 Å². The second kappa shape index (κ2) is 5.18. The third kappa shape index (κ3) is 2.68. The zero-order valence-electron chi connectivity index (χ0n) is 10.5. The van der Waals surface area contributed by atoms with Crippen molar-refractivity contribution in [2.24, 2.45) is 0 Å². The first-order chi connectivity index (χ1) is 8.58. The van der Waals surface area contributed by atoms with Gasteiger partial charge in [-0.3, -0.25) is 9.48 Å². The Morgan fingerprint density at radius 3 is 2.83 bits per heavy atom. The summed E-state index contributed by atoms with van der Waals surface area (Å²) in [7, 11) is 0. The molecule has 0 bridgehead atoms. The summed E-state index contributed by atoms with van der Waals surface area (Å²) in [5.74, 6) is -0.858. The molecule has 1 aromatic carbocycles. The Kier molecular flexibility index (Phi) is 3.62. The van der Waals surface area contributed by atoms with Crippen molar-refractivity contribution in [2.45, 2.75) is 32.5 Å². The zero-order chi connectivity index (χ0) is 13.1. The van der Waals surface area contributed by atoms with E-state index in [0.29, 0.717) is 6.54 Å². The van der Waals surface area contributed by atoms with E-state index in [1.807, 2.05) is 38.1 Å². The fraction of sp³-hybridized carbons (Fsp3) is 0.385. The number of para-hydroxylation sites is 1. The van der Waals surface area contributed by atoms with E-state index in [-0.39, 0.29) is 6.04 Å². The SMILES string of the molecule is CC(C)NC(Cn1ncc2ccccc21)C(=O)O. The molecule has 0 saturated carbocycles. The van der Waals surface area contributed by atoms with Crippen LogP contribution in [0.4, 0.5) is 0 Å². The number of nitrogens with one attached hydrogen (secondary N) is 1. The summed E-state index contributed by atoms with van der Waals surface area (Å²) in [5, 5.41) is 17.5. The number of carboxylic acid groups (broad SMARTS) is 1. The molecule has 0 fully saturated rings. The van der Waals surface area contributed by atoms with E-state index in [4.69, 9.17) is 0 Å². The van der Waals surface area contributed by atoms with Gasteiger partial charge in [0.25, 0.3) is 0 Å². The summed E-state index contributed by atoms with van der Waals surface area (Å²) < 4.78 is 1.73. The molecule has 1 aromatic heterocycles. The number of aromatic nitrogens is 2. The predicted molar refractivity (Wildman–Crippen MR) is 69.4 cm³/mol. The van der Waals surface area contributed by atoms with Crippen LogP contribution in [0.15, 0.2) is 30.5 Å². The second-order valence-corrected chi connectivity index (χ2v) is 4.60. The summed E-state index contributed by atoms with van der Waals surface area (Å²) in [5.41, 5.74) is 0.953. The average molecular weight is 247 g/mol. The van der Waals surface area contributed by atoms with E-state index in [1.165, 1.54) is 0 Å². The first kappa shape index (κ1) is 12.6. The van der Waals surface area contributed by atoms with Crippen LogP contribution in [0.2, 0.25) is 0 Å². The van der Waals surface area contributed by atoms with Crippen LogP contribution in [-0.2, 0) is 11.3 Å². The minimum absolute atomic E-state index is 0.118. The highest BCUT2D eigenvalue weighted by Gasteiger charge is 2.19. The smallest absolute Gasteiger partial charge is 0.322 e. The number of fused-ring (bicyclic) bond motifs is 1. The molecule has 0 aliphatic heterocycles. The number of carbonyl (C=O) groups is 1. The minimum atomic E-state index is -0.858. The summed E-state index contributed by atoms with van der Waals surface area (Å²) in [6, 6.07) is 7.25. The van der Waals surface area contributed by atoms with Gasteiger partial charge < -0.3 is 10.4 Å². The molecule has 1 heterocycles. The van der Waals surface area contributed by atoms with Gasteiger partial charge in [-0.05, 0) is 6.07 Å². The summed E-state index contributed by atoms with van der Waals surface area (Å²) >= 11 is 0. The lowest BCUT2D eigenvalue weighted by Crippen LogP contribution is -2.43. The topological polar surface area (TPSA) is 67.2 Å². The third-order valence-electron chi connectivity index (χ3n) is 2.74. The van der Waals surface area contributed by atoms with Gasteiger partial charge in [-0.2, -0.15) is 5.10 Å².